The van der Waals surface area contributed by atoms with Crippen molar-refractivity contribution in [2.24, 2.45) is 5.41 Å². The van der Waals surface area contributed by atoms with E-state index in [4.69, 9.17) is 44.6 Å². The molecule has 1 amide bonds. The molecular weight excluding hydrogens is 567 g/mol. The van der Waals surface area contributed by atoms with E-state index in [1.807, 2.05) is 86.3 Å². The van der Waals surface area contributed by atoms with Gasteiger partial charge in [0.25, 0.3) is 0 Å². The van der Waals surface area contributed by atoms with Gasteiger partial charge in [-0.25, -0.2) is 0 Å². The Labute approximate surface area is 248 Å². The number of hydrogen-bond donors (Lipinski definition) is 2. The van der Waals surface area contributed by atoms with Crippen LogP contribution in [0.5, 0.6) is 5.75 Å². The third-order valence-electron chi connectivity index (χ3n) is 6.63. The minimum Gasteiger partial charge on any atom is -0.494 e. The maximum absolute atomic E-state index is 12.7. The van der Waals surface area contributed by atoms with E-state index >= 15 is 0 Å². The number of nitrogens with one attached hydrogen (secondary N) is 2. The molecule has 1 aliphatic heterocycles. The molecule has 0 unspecified atom stereocenters. The van der Waals surface area contributed by atoms with Crippen LogP contribution in [-0.2, 0) is 4.79 Å². The lowest BCUT2D eigenvalue weighted by Crippen LogP contribution is -2.30. The number of halogens is 2. The SMILES string of the molecule is COc1cc(N2C(=S)N[C@H](c3ccccn3)[C@@H]2c2ccc(-c3cccc(Cl)c3Cl)o2)ccc1NC(=O)C(C)(C)C. The van der Waals surface area contributed by atoms with E-state index in [1.165, 1.54) is 0 Å². The first kappa shape index (κ1) is 28.0. The zero-order chi connectivity index (χ0) is 28.6. The number of anilines is 2. The predicted octanol–water partition coefficient (Wildman–Crippen LogP) is 7.82. The van der Waals surface area contributed by atoms with Crippen molar-refractivity contribution in [2.45, 2.75) is 32.9 Å². The number of methoxy groups -OCH3 is 1. The molecule has 2 aromatic heterocycles. The summed E-state index contributed by atoms with van der Waals surface area (Å²) in [4.78, 5) is 19.2. The number of hydrogen-bond acceptors (Lipinski definition) is 5. The van der Waals surface area contributed by atoms with Crippen molar-refractivity contribution in [3.05, 3.63) is 94.4 Å². The van der Waals surface area contributed by atoms with Crippen LogP contribution in [0, 0.1) is 5.41 Å². The number of carbonyl (C=O) groups is 1. The predicted molar refractivity (Wildman–Crippen MR) is 163 cm³/mol. The summed E-state index contributed by atoms with van der Waals surface area (Å²) in [5.41, 5.74) is 2.25. The number of rotatable bonds is 6. The molecule has 0 aliphatic carbocycles. The Bertz CT molecular complexity index is 1570. The third kappa shape index (κ3) is 5.39. The van der Waals surface area contributed by atoms with Crippen LogP contribution >= 0.6 is 35.4 Å². The first-order valence-electron chi connectivity index (χ1n) is 12.6. The Morgan fingerprint density at radius 2 is 1.90 bits per heavy atom. The maximum Gasteiger partial charge on any atom is 0.229 e. The second kappa shape index (κ2) is 11.1. The molecule has 40 heavy (non-hydrogen) atoms. The van der Waals surface area contributed by atoms with Crippen molar-refractivity contribution in [1.82, 2.24) is 10.3 Å². The number of amides is 1. The number of ether oxygens (including phenoxy) is 1. The first-order valence-corrected chi connectivity index (χ1v) is 13.8. The van der Waals surface area contributed by atoms with E-state index in [0.29, 0.717) is 43.7 Å². The van der Waals surface area contributed by atoms with Gasteiger partial charge in [0.1, 0.15) is 23.3 Å². The summed E-state index contributed by atoms with van der Waals surface area (Å²) in [6.07, 6.45) is 1.74. The molecule has 0 bridgehead atoms. The van der Waals surface area contributed by atoms with Crippen LogP contribution < -0.4 is 20.3 Å². The number of benzene rings is 2. The third-order valence-corrected chi connectivity index (χ3v) is 7.76. The molecule has 0 spiro atoms. The van der Waals surface area contributed by atoms with Gasteiger partial charge in [-0.15, -0.1) is 0 Å². The highest BCUT2D eigenvalue weighted by Crippen LogP contribution is 2.45. The Balaban J connectivity index is 1.57. The van der Waals surface area contributed by atoms with Gasteiger partial charge < -0.3 is 24.7 Å². The van der Waals surface area contributed by atoms with Crippen LogP contribution in [0.15, 0.2) is 77.3 Å². The van der Waals surface area contributed by atoms with E-state index < -0.39 is 11.5 Å². The van der Waals surface area contributed by atoms with Gasteiger partial charge in [-0.2, -0.15) is 0 Å². The van der Waals surface area contributed by atoms with Crippen molar-refractivity contribution in [1.29, 1.82) is 0 Å². The van der Waals surface area contributed by atoms with Crippen LogP contribution in [0.1, 0.15) is 44.3 Å². The van der Waals surface area contributed by atoms with Crippen molar-refractivity contribution < 1.29 is 13.9 Å². The summed E-state index contributed by atoms with van der Waals surface area (Å²) >= 11 is 18.6. The summed E-state index contributed by atoms with van der Waals surface area (Å²) < 4.78 is 12.1. The molecule has 1 fully saturated rings. The maximum atomic E-state index is 12.7. The van der Waals surface area contributed by atoms with Gasteiger partial charge in [0.05, 0.1) is 34.6 Å². The number of thiocarbonyl (C=S) groups is 1. The van der Waals surface area contributed by atoms with Gasteiger partial charge >= 0.3 is 0 Å². The van der Waals surface area contributed by atoms with E-state index in [0.717, 1.165) is 11.4 Å². The Kier molecular flexibility index (Phi) is 7.77. The Morgan fingerprint density at radius 1 is 1.10 bits per heavy atom. The molecule has 7 nitrogen and oxygen atoms in total. The molecule has 4 aromatic rings. The molecule has 0 radical (unpaired) electrons. The number of furan rings is 1. The van der Waals surface area contributed by atoms with Crippen LogP contribution in [0.4, 0.5) is 11.4 Å². The summed E-state index contributed by atoms with van der Waals surface area (Å²) in [5, 5.41) is 7.73. The largest absolute Gasteiger partial charge is 0.494 e. The minimum atomic E-state index is -0.562. The molecule has 2 atom stereocenters. The molecule has 0 saturated carbocycles. The molecule has 10 heteroatoms. The van der Waals surface area contributed by atoms with Crippen LogP contribution in [0.25, 0.3) is 11.3 Å². The fourth-order valence-electron chi connectivity index (χ4n) is 4.52. The van der Waals surface area contributed by atoms with Crippen molar-refractivity contribution >= 4 is 57.8 Å². The first-order chi connectivity index (χ1) is 19.1. The summed E-state index contributed by atoms with van der Waals surface area (Å²) in [6, 6.07) is 19.8. The van der Waals surface area contributed by atoms with Gasteiger partial charge in [0.2, 0.25) is 5.91 Å². The summed E-state index contributed by atoms with van der Waals surface area (Å²) in [6.45, 7) is 5.57. The number of carbonyl (C=O) groups excluding carboxylic acids is 1. The Morgan fingerprint density at radius 3 is 2.60 bits per heavy atom. The fourth-order valence-corrected chi connectivity index (χ4v) is 5.25. The topological polar surface area (TPSA) is 79.6 Å². The minimum absolute atomic E-state index is 0.118. The Hall–Kier alpha value is -3.59. The van der Waals surface area contributed by atoms with Gasteiger partial charge in [-0.1, -0.05) is 56.1 Å². The average molecular weight is 596 g/mol. The highest BCUT2D eigenvalue weighted by molar-refractivity contribution is 7.80. The molecule has 206 valence electrons. The van der Waals surface area contributed by atoms with Crippen molar-refractivity contribution in [3.8, 4) is 17.1 Å². The van der Waals surface area contributed by atoms with Crippen molar-refractivity contribution in [3.63, 3.8) is 0 Å². The molecular formula is C30H28Cl2N4O3S. The normalized spacial score (nSPS) is 17.1. The number of aromatic nitrogens is 1. The summed E-state index contributed by atoms with van der Waals surface area (Å²) in [7, 11) is 1.56. The van der Waals surface area contributed by atoms with E-state index in [1.54, 1.807) is 19.4 Å². The lowest BCUT2D eigenvalue weighted by Gasteiger charge is -2.27. The highest BCUT2D eigenvalue weighted by atomic mass is 35.5. The fraction of sp³-hybridized carbons (Fsp3) is 0.233. The molecule has 3 heterocycles. The zero-order valence-corrected chi connectivity index (χ0v) is 24.7. The van der Waals surface area contributed by atoms with E-state index in [-0.39, 0.29) is 11.9 Å². The standard InChI is InChI=1S/C30H28Cl2N4O3S/c1-30(2,3)28(37)34-20-12-11-17(16-24(20)38-4)36-27(26(35-29(36)40)21-10-5-6-15-33-21)23-14-13-22(39-23)18-8-7-9-19(31)25(18)32/h5-16,26-27H,1-4H3,(H,34,37)(H,35,40)/t26-,27+/m1/s1. The van der Waals surface area contributed by atoms with Gasteiger partial charge in [0, 0.05) is 28.9 Å². The number of pyridine rings is 1. The van der Waals surface area contributed by atoms with Crippen LogP contribution in [-0.4, -0.2) is 23.1 Å². The molecule has 5 rings (SSSR count). The van der Waals surface area contributed by atoms with Gasteiger partial charge in [0.15, 0.2) is 5.11 Å². The number of nitrogens with zero attached hydrogens (tertiary/aromatic N) is 2. The highest BCUT2D eigenvalue weighted by Gasteiger charge is 2.43. The van der Waals surface area contributed by atoms with E-state index in [2.05, 4.69) is 15.6 Å². The van der Waals surface area contributed by atoms with Gasteiger partial charge in [-0.3, -0.25) is 9.78 Å². The molecule has 2 N–H and O–H groups in total. The van der Waals surface area contributed by atoms with Crippen LogP contribution in [0.2, 0.25) is 10.0 Å². The lowest BCUT2D eigenvalue weighted by molar-refractivity contribution is -0.123. The van der Waals surface area contributed by atoms with Gasteiger partial charge in [-0.05, 0) is 60.7 Å². The second-order valence-electron chi connectivity index (χ2n) is 10.4. The van der Waals surface area contributed by atoms with E-state index in [9.17, 15) is 4.79 Å². The van der Waals surface area contributed by atoms with Crippen LogP contribution in [0.3, 0.4) is 0 Å². The zero-order valence-electron chi connectivity index (χ0n) is 22.4. The molecule has 1 aliphatic rings. The average Bonchev–Trinajstić information content (AvgIpc) is 3.55. The summed E-state index contributed by atoms with van der Waals surface area (Å²) in [5.74, 6) is 1.62. The quantitative estimate of drug-likeness (QED) is 0.220. The molecule has 2 aromatic carbocycles. The van der Waals surface area contributed by atoms with Crippen molar-refractivity contribution in [2.75, 3.05) is 17.3 Å². The smallest absolute Gasteiger partial charge is 0.229 e. The molecule has 1 saturated heterocycles. The second-order valence-corrected chi connectivity index (χ2v) is 11.6. The monoisotopic (exact) mass is 594 g/mol. The lowest BCUT2D eigenvalue weighted by atomic mass is 9.95.